The minimum absolute atomic E-state index is 0.268. The summed E-state index contributed by atoms with van der Waals surface area (Å²) in [6.07, 6.45) is -4.54. The number of hydrogen-bond acceptors (Lipinski definition) is 1. The molecule has 0 bridgehead atoms. The molecule has 2 amide bonds. The number of carbonyl (C=O) groups excluding carboxylic acids is 1. The van der Waals surface area contributed by atoms with E-state index in [4.69, 9.17) is 5.73 Å². The largest absolute Gasteiger partial charge is 0.418 e. The van der Waals surface area contributed by atoms with Crippen molar-refractivity contribution in [2.45, 2.75) is 6.18 Å². The van der Waals surface area contributed by atoms with E-state index in [9.17, 15) is 18.0 Å². The molecule has 3 N–H and O–H groups in total. The number of nitrogens with one attached hydrogen (secondary N) is 1. The van der Waals surface area contributed by atoms with Crippen LogP contribution < -0.4 is 11.1 Å². The molecule has 0 aliphatic carbocycles. The number of alkyl halides is 3. The third-order valence-corrected chi connectivity index (χ3v) is 2.04. The zero-order chi connectivity index (χ0) is 11.6. The maximum absolute atomic E-state index is 12.5. The van der Waals surface area contributed by atoms with Crippen LogP contribution in [0.3, 0.4) is 0 Å². The second kappa shape index (κ2) is 4.09. The summed E-state index contributed by atoms with van der Waals surface area (Å²) in [6, 6.07) is 2.33. The minimum Gasteiger partial charge on any atom is -0.351 e. The van der Waals surface area contributed by atoms with Gasteiger partial charge in [0, 0.05) is 4.47 Å². The molecule has 0 aliphatic heterocycles. The molecule has 0 saturated carbocycles. The van der Waals surface area contributed by atoms with Gasteiger partial charge in [-0.3, -0.25) is 0 Å². The predicted octanol–water partition coefficient (Wildman–Crippen LogP) is 2.96. The lowest BCUT2D eigenvalue weighted by molar-refractivity contribution is -0.136. The quantitative estimate of drug-likeness (QED) is 0.818. The predicted molar refractivity (Wildman–Crippen MR) is 52.4 cm³/mol. The summed E-state index contributed by atoms with van der Waals surface area (Å²) in [5.41, 5.74) is 3.43. The van der Waals surface area contributed by atoms with Crippen LogP contribution >= 0.6 is 15.9 Å². The van der Waals surface area contributed by atoms with Crippen molar-refractivity contribution >= 4 is 27.6 Å². The molecule has 0 spiro atoms. The summed E-state index contributed by atoms with van der Waals surface area (Å²) in [6.45, 7) is 0. The van der Waals surface area contributed by atoms with Crippen LogP contribution in [0.2, 0.25) is 0 Å². The lowest BCUT2D eigenvalue weighted by atomic mass is 10.1. The Morgan fingerprint density at radius 2 is 2.00 bits per heavy atom. The summed E-state index contributed by atoms with van der Waals surface area (Å²) in [5.74, 6) is 0. The fourth-order valence-corrected chi connectivity index (χ4v) is 1.35. The Hall–Kier alpha value is -1.24. The second-order valence-corrected chi connectivity index (χ2v) is 3.59. The minimum atomic E-state index is -4.54. The van der Waals surface area contributed by atoms with Gasteiger partial charge in [-0.1, -0.05) is 15.9 Å². The normalized spacial score (nSPS) is 11.2. The van der Waals surface area contributed by atoms with Crippen molar-refractivity contribution in [1.82, 2.24) is 0 Å². The van der Waals surface area contributed by atoms with Crippen molar-refractivity contribution in [3.63, 3.8) is 0 Å². The highest BCUT2D eigenvalue weighted by Gasteiger charge is 2.33. The lowest BCUT2D eigenvalue weighted by Gasteiger charge is -2.12. The number of amides is 2. The SMILES string of the molecule is NC(=O)Nc1ccc(Br)cc1C(F)(F)F. The molecule has 82 valence electrons. The van der Waals surface area contributed by atoms with E-state index < -0.39 is 17.8 Å². The average molecular weight is 283 g/mol. The Balaban J connectivity index is 3.20. The molecule has 0 unspecified atom stereocenters. The van der Waals surface area contributed by atoms with E-state index >= 15 is 0 Å². The number of carbonyl (C=O) groups is 1. The zero-order valence-corrected chi connectivity index (χ0v) is 8.82. The van der Waals surface area contributed by atoms with Crippen molar-refractivity contribution in [2.75, 3.05) is 5.32 Å². The first-order valence-corrected chi connectivity index (χ1v) is 4.53. The van der Waals surface area contributed by atoms with Crippen LogP contribution in [0.5, 0.6) is 0 Å². The third kappa shape index (κ3) is 3.12. The van der Waals surface area contributed by atoms with Crippen LogP contribution in [0.15, 0.2) is 22.7 Å². The zero-order valence-electron chi connectivity index (χ0n) is 7.23. The Labute approximate surface area is 91.6 Å². The van der Waals surface area contributed by atoms with Crippen molar-refractivity contribution in [1.29, 1.82) is 0 Å². The van der Waals surface area contributed by atoms with Gasteiger partial charge in [0.05, 0.1) is 11.3 Å². The van der Waals surface area contributed by atoms with Crippen molar-refractivity contribution < 1.29 is 18.0 Å². The first-order valence-electron chi connectivity index (χ1n) is 3.74. The monoisotopic (exact) mass is 282 g/mol. The highest BCUT2D eigenvalue weighted by Crippen LogP contribution is 2.36. The maximum Gasteiger partial charge on any atom is 0.418 e. The fourth-order valence-electron chi connectivity index (χ4n) is 0.993. The molecule has 3 nitrogen and oxygen atoms in total. The van der Waals surface area contributed by atoms with Gasteiger partial charge >= 0.3 is 12.2 Å². The molecule has 1 aromatic rings. The van der Waals surface area contributed by atoms with Gasteiger partial charge in [0.2, 0.25) is 0 Å². The number of rotatable bonds is 1. The molecule has 0 saturated heterocycles. The molecule has 0 heterocycles. The maximum atomic E-state index is 12.5. The van der Waals surface area contributed by atoms with E-state index in [1.165, 1.54) is 6.07 Å². The van der Waals surface area contributed by atoms with Gasteiger partial charge in [-0.2, -0.15) is 13.2 Å². The smallest absolute Gasteiger partial charge is 0.351 e. The molecule has 0 aromatic heterocycles. The summed E-state index contributed by atoms with van der Waals surface area (Å²) < 4.78 is 37.7. The number of benzene rings is 1. The van der Waals surface area contributed by atoms with Crippen LogP contribution in [0, 0.1) is 0 Å². The lowest BCUT2D eigenvalue weighted by Crippen LogP contribution is -2.21. The summed E-state index contributed by atoms with van der Waals surface area (Å²) in [7, 11) is 0. The average Bonchev–Trinajstić information content (AvgIpc) is 2.05. The van der Waals surface area contributed by atoms with Crippen LogP contribution in [0.25, 0.3) is 0 Å². The van der Waals surface area contributed by atoms with Gasteiger partial charge in [-0.05, 0) is 18.2 Å². The topological polar surface area (TPSA) is 55.1 Å². The van der Waals surface area contributed by atoms with Gasteiger partial charge in [-0.15, -0.1) is 0 Å². The van der Waals surface area contributed by atoms with Crippen molar-refractivity contribution in [3.8, 4) is 0 Å². The van der Waals surface area contributed by atoms with Gasteiger partial charge in [0.15, 0.2) is 0 Å². The van der Waals surface area contributed by atoms with Crippen LogP contribution in [-0.4, -0.2) is 6.03 Å². The molecule has 1 aromatic carbocycles. The van der Waals surface area contributed by atoms with Gasteiger partial charge in [0.1, 0.15) is 0 Å². The van der Waals surface area contributed by atoms with Crippen LogP contribution in [-0.2, 0) is 6.18 Å². The molecule has 0 atom stereocenters. The highest BCUT2D eigenvalue weighted by atomic mass is 79.9. The number of halogens is 4. The first-order chi connectivity index (χ1) is 6.80. The van der Waals surface area contributed by atoms with Crippen molar-refractivity contribution in [3.05, 3.63) is 28.2 Å². The molecule has 0 aliphatic rings. The molecule has 0 radical (unpaired) electrons. The van der Waals surface area contributed by atoms with E-state index in [2.05, 4.69) is 15.9 Å². The van der Waals surface area contributed by atoms with Crippen LogP contribution in [0.1, 0.15) is 5.56 Å². The number of primary amides is 1. The standard InChI is InChI=1S/C8H6BrF3N2O/c9-4-1-2-6(14-7(13)15)5(3-4)8(10,11)12/h1-3H,(H3,13,14,15). The van der Waals surface area contributed by atoms with E-state index in [1.807, 2.05) is 5.32 Å². The second-order valence-electron chi connectivity index (χ2n) is 2.68. The number of urea groups is 1. The van der Waals surface area contributed by atoms with Gasteiger partial charge in [0.25, 0.3) is 0 Å². The van der Waals surface area contributed by atoms with E-state index in [0.29, 0.717) is 0 Å². The van der Waals surface area contributed by atoms with E-state index in [1.54, 1.807) is 0 Å². The van der Waals surface area contributed by atoms with Crippen molar-refractivity contribution in [2.24, 2.45) is 5.73 Å². The van der Waals surface area contributed by atoms with Crippen LogP contribution in [0.4, 0.5) is 23.7 Å². The Kier molecular flexibility index (Phi) is 3.23. The Morgan fingerprint density at radius 1 is 1.40 bits per heavy atom. The Morgan fingerprint density at radius 3 is 2.47 bits per heavy atom. The number of hydrogen-bond donors (Lipinski definition) is 2. The van der Waals surface area contributed by atoms with E-state index in [0.717, 1.165) is 12.1 Å². The van der Waals surface area contributed by atoms with E-state index in [-0.39, 0.29) is 10.2 Å². The molecule has 7 heteroatoms. The summed E-state index contributed by atoms with van der Waals surface area (Å²) in [5, 5.41) is 1.91. The summed E-state index contributed by atoms with van der Waals surface area (Å²) >= 11 is 2.91. The number of nitrogens with two attached hydrogens (primary N) is 1. The summed E-state index contributed by atoms with van der Waals surface area (Å²) in [4.78, 5) is 10.5. The third-order valence-electron chi connectivity index (χ3n) is 1.54. The molecule has 0 fully saturated rings. The molecule has 1 rings (SSSR count). The molecular formula is C8H6BrF3N2O. The van der Waals surface area contributed by atoms with Gasteiger partial charge in [-0.25, -0.2) is 4.79 Å². The first kappa shape index (κ1) is 11.8. The molecular weight excluding hydrogens is 277 g/mol. The van der Waals surface area contributed by atoms with Gasteiger partial charge < -0.3 is 11.1 Å². The number of anilines is 1. The molecule has 15 heavy (non-hydrogen) atoms. The fraction of sp³-hybridized carbons (Fsp3) is 0.125. The Bertz CT molecular complexity index is 392. The highest BCUT2D eigenvalue weighted by molar-refractivity contribution is 9.10.